The summed E-state index contributed by atoms with van der Waals surface area (Å²) in [5.41, 5.74) is 0. The molecule has 0 saturated carbocycles. The maximum Gasteiger partial charge on any atom is 0.303 e. The molecule has 0 bridgehead atoms. The maximum absolute atomic E-state index is 9.96. The monoisotopic (exact) mass is 216 g/mol. The zero-order valence-corrected chi connectivity index (χ0v) is 8.71. The van der Waals surface area contributed by atoms with Gasteiger partial charge < -0.3 is 5.11 Å². The highest BCUT2D eigenvalue weighted by Crippen LogP contribution is 2.01. The summed E-state index contributed by atoms with van der Waals surface area (Å²) in [6.07, 6.45) is 6.05. The van der Waals surface area contributed by atoms with E-state index in [0.717, 1.165) is 31.4 Å². The van der Waals surface area contributed by atoms with Crippen LogP contribution in [0, 0.1) is 10.8 Å². The molecule has 0 aliphatic carbocycles. The van der Waals surface area contributed by atoms with Crippen molar-refractivity contribution >= 4 is 18.1 Å². The van der Waals surface area contributed by atoms with Gasteiger partial charge in [0.1, 0.15) is 0 Å². The van der Waals surface area contributed by atoms with E-state index in [4.69, 9.17) is 25.5 Å². The second kappa shape index (κ2) is 22.8. The van der Waals surface area contributed by atoms with Crippen molar-refractivity contribution in [3.8, 4) is 0 Å². The minimum Gasteiger partial charge on any atom is -0.481 e. The first-order valence-electron chi connectivity index (χ1n) is 4.40. The van der Waals surface area contributed by atoms with Crippen molar-refractivity contribution in [3.63, 3.8) is 0 Å². The lowest BCUT2D eigenvalue weighted by atomic mass is 10.2. The number of aliphatic carboxylic acids is 1. The molecule has 0 aromatic rings. The zero-order valence-electron chi connectivity index (χ0n) is 8.71. The van der Waals surface area contributed by atoms with Crippen LogP contribution < -0.4 is 0 Å². The Morgan fingerprint density at radius 1 is 1.13 bits per heavy atom. The van der Waals surface area contributed by atoms with Crippen LogP contribution in [0.4, 0.5) is 0 Å². The Bertz CT molecular complexity index is 192. The Hall–Kier alpha value is -1.77. The zero-order chi connectivity index (χ0) is 12.5. The molecule has 0 saturated heterocycles. The summed E-state index contributed by atoms with van der Waals surface area (Å²) < 4.78 is 0. The fraction of sp³-hybridized carbons (Fsp3) is 0.667. The van der Waals surface area contributed by atoms with Crippen LogP contribution >= 0.6 is 0 Å². The van der Waals surface area contributed by atoms with Gasteiger partial charge in [0, 0.05) is 6.42 Å². The SMILES string of the molecule is CCCCCCC(=O)O.N=C=O.N=C=O. The average Bonchev–Trinajstić information content (AvgIpc) is 2.15. The summed E-state index contributed by atoms with van der Waals surface area (Å²) in [7, 11) is 0. The fourth-order valence-corrected chi connectivity index (χ4v) is 0.703. The molecule has 0 aromatic carbocycles. The van der Waals surface area contributed by atoms with Gasteiger partial charge in [-0.1, -0.05) is 26.2 Å². The molecule has 6 nitrogen and oxygen atoms in total. The third-order valence-corrected chi connectivity index (χ3v) is 1.24. The van der Waals surface area contributed by atoms with Crippen molar-refractivity contribution in [2.45, 2.75) is 39.0 Å². The molecule has 0 heterocycles. The summed E-state index contributed by atoms with van der Waals surface area (Å²) in [4.78, 5) is 26.7. The highest BCUT2D eigenvalue weighted by molar-refractivity contribution is 5.66. The minimum atomic E-state index is -0.675. The average molecular weight is 216 g/mol. The number of nitrogens with one attached hydrogen (secondary N) is 2. The van der Waals surface area contributed by atoms with Crippen LogP contribution in [0.2, 0.25) is 0 Å². The van der Waals surface area contributed by atoms with Crippen molar-refractivity contribution in [2.75, 3.05) is 0 Å². The van der Waals surface area contributed by atoms with E-state index in [0.29, 0.717) is 6.42 Å². The molecule has 6 heteroatoms. The summed E-state index contributed by atoms with van der Waals surface area (Å²) in [5, 5.41) is 19.0. The molecule has 0 rings (SSSR count). The number of hydrogen-bond donors (Lipinski definition) is 3. The predicted molar refractivity (Wildman–Crippen MR) is 53.2 cm³/mol. The minimum absolute atomic E-state index is 0.333. The maximum atomic E-state index is 9.96. The number of unbranched alkanes of at least 4 members (excludes halogenated alkanes) is 3. The topological polar surface area (TPSA) is 119 Å². The molecule has 0 amide bonds. The molecular weight excluding hydrogens is 200 g/mol. The Morgan fingerprint density at radius 2 is 1.53 bits per heavy atom. The first-order valence-corrected chi connectivity index (χ1v) is 4.40. The molecular formula is C9H16N2O4. The molecule has 86 valence electrons. The Balaban J connectivity index is -0.000000200. The van der Waals surface area contributed by atoms with E-state index < -0.39 is 5.97 Å². The van der Waals surface area contributed by atoms with Gasteiger partial charge in [-0.15, -0.1) is 0 Å². The van der Waals surface area contributed by atoms with Crippen LogP contribution in [-0.2, 0) is 14.4 Å². The normalized spacial score (nSPS) is 6.73. The molecule has 15 heavy (non-hydrogen) atoms. The molecule has 0 unspecified atom stereocenters. The van der Waals surface area contributed by atoms with Crippen LogP contribution in [0.1, 0.15) is 39.0 Å². The molecule has 0 aromatic heterocycles. The van der Waals surface area contributed by atoms with Gasteiger partial charge in [-0.05, 0) is 6.42 Å². The van der Waals surface area contributed by atoms with Gasteiger partial charge in [-0.2, -0.15) is 0 Å². The van der Waals surface area contributed by atoms with Crippen molar-refractivity contribution in [1.82, 2.24) is 0 Å². The van der Waals surface area contributed by atoms with Crippen LogP contribution in [0.25, 0.3) is 0 Å². The van der Waals surface area contributed by atoms with Crippen molar-refractivity contribution in [2.24, 2.45) is 0 Å². The Kier molecular flexibility index (Phi) is 28.7. The van der Waals surface area contributed by atoms with Crippen LogP contribution in [0.15, 0.2) is 0 Å². The van der Waals surface area contributed by atoms with Gasteiger partial charge in [0.2, 0.25) is 12.2 Å². The molecule has 3 N–H and O–H groups in total. The first kappa shape index (κ1) is 18.9. The van der Waals surface area contributed by atoms with Gasteiger partial charge in [0.25, 0.3) is 0 Å². The summed E-state index contributed by atoms with van der Waals surface area (Å²) >= 11 is 0. The fourth-order valence-electron chi connectivity index (χ4n) is 0.703. The third-order valence-electron chi connectivity index (χ3n) is 1.24. The molecule has 0 aliphatic heterocycles. The Labute approximate surface area is 88.3 Å². The number of isocyanates is 2. The van der Waals surface area contributed by atoms with E-state index in [1.54, 1.807) is 0 Å². The van der Waals surface area contributed by atoms with Gasteiger partial charge in [0.15, 0.2) is 0 Å². The quantitative estimate of drug-likeness (QED) is 0.369. The first-order chi connectivity index (χ1) is 7.10. The van der Waals surface area contributed by atoms with Gasteiger partial charge in [0.05, 0.1) is 0 Å². The highest BCUT2D eigenvalue weighted by atomic mass is 16.4. The number of carboxylic acids is 1. The summed E-state index contributed by atoms with van der Waals surface area (Å²) in [6, 6.07) is 0. The third kappa shape index (κ3) is 71.5. The van der Waals surface area contributed by atoms with Crippen molar-refractivity contribution in [1.29, 1.82) is 10.8 Å². The van der Waals surface area contributed by atoms with E-state index in [9.17, 15) is 4.79 Å². The Morgan fingerprint density at radius 3 is 1.80 bits per heavy atom. The lowest BCUT2D eigenvalue weighted by Gasteiger charge is -1.92. The molecule has 0 atom stereocenters. The summed E-state index contributed by atoms with van der Waals surface area (Å²) in [6.45, 7) is 2.11. The number of hydrogen-bond acceptors (Lipinski definition) is 5. The van der Waals surface area contributed by atoms with Gasteiger partial charge in [-0.3, -0.25) is 4.79 Å². The van der Waals surface area contributed by atoms with Gasteiger partial charge >= 0.3 is 5.97 Å². The van der Waals surface area contributed by atoms with Gasteiger partial charge in [-0.25, -0.2) is 20.4 Å². The molecule has 0 aliphatic rings. The van der Waals surface area contributed by atoms with E-state index >= 15 is 0 Å². The van der Waals surface area contributed by atoms with E-state index in [1.807, 2.05) is 0 Å². The number of carboxylic acid groups (broad SMARTS) is 1. The number of carbonyl (C=O) groups is 1. The lowest BCUT2D eigenvalue weighted by molar-refractivity contribution is -0.137. The summed E-state index contributed by atoms with van der Waals surface area (Å²) in [5.74, 6) is -0.675. The predicted octanol–water partition coefficient (Wildman–Crippen LogP) is 1.84. The van der Waals surface area contributed by atoms with E-state index in [-0.39, 0.29) is 0 Å². The standard InChI is InChI=1S/C7H14O2.2CHNO/c1-2-3-4-5-6-7(8)9;2*2-1-3/h2-6H2,1H3,(H,8,9);2*2H. The number of carbonyl (C=O) groups excluding carboxylic acids is 2. The van der Waals surface area contributed by atoms with Crippen molar-refractivity contribution in [3.05, 3.63) is 0 Å². The van der Waals surface area contributed by atoms with Crippen LogP contribution in [-0.4, -0.2) is 23.2 Å². The lowest BCUT2D eigenvalue weighted by Crippen LogP contribution is -1.92. The van der Waals surface area contributed by atoms with E-state index in [2.05, 4.69) is 6.92 Å². The van der Waals surface area contributed by atoms with E-state index in [1.165, 1.54) is 6.42 Å². The van der Waals surface area contributed by atoms with Crippen LogP contribution in [0.5, 0.6) is 0 Å². The second-order valence-corrected chi connectivity index (χ2v) is 2.41. The molecule has 0 fully saturated rings. The molecule has 0 spiro atoms. The van der Waals surface area contributed by atoms with Crippen molar-refractivity contribution < 1.29 is 19.5 Å². The highest BCUT2D eigenvalue weighted by Gasteiger charge is 1.93. The smallest absolute Gasteiger partial charge is 0.303 e. The largest absolute Gasteiger partial charge is 0.481 e. The second-order valence-electron chi connectivity index (χ2n) is 2.41. The van der Waals surface area contributed by atoms with Crippen LogP contribution in [0.3, 0.4) is 0 Å². The number of rotatable bonds is 5. The molecule has 0 radical (unpaired) electrons.